The van der Waals surface area contributed by atoms with Crippen LogP contribution in [0.1, 0.15) is 11.1 Å². The highest BCUT2D eigenvalue weighted by Gasteiger charge is 2.44. The van der Waals surface area contributed by atoms with E-state index in [1.54, 1.807) is 4.98 Å². The Bertz CT molecular complexity index is 503. The van der Waals surface area contributed by atoms with Gasteiger partial charge in [0.1, 0.15) is 5.56 Å². The number of hydrogen-bond acceptors (Lipinski definition) is 1. The summed E-state index contributed by atoms with van der Waals surface area (Å²) in [5.41, 5.74) is -4.89. The fourth-order valence-electron chi connectivity index (χ4n) is 1.05. The van der Waals surface area contributed by atoms with Crippen molar-refractivity contribution in [2.45, 2.75) is 12.4 Å². The summed E-state index contributed by atoms with van der Waals surface area (Å²) in [7, 11) is 0. The SMILES string of the molecule is O=c1[nH]c(I)c(C(F)(F)F)c(I)c1C(F)(F)F. The van der Waals surface area contributed by atoms with Crippen LogP contribution in [0.3, 0.4) is 0 Å². The lowest BCUT2D eigenvalue weighted by Gasteiger charge is -2.15. The summed E-state index contributed by atoms with van der Waals surface area (Å²) in [5.74, 6) is 0. The Morgan fingerprint density at radius 3 is 1.65 bits per heavy atom. The molecular formula is C7HF6I2NO. The second-order valence-corrected chi connectivity index (χ2v) is 4.99. The number of H-pyrrole nitrogens is 1. The highest BCUT2D eigenvalue weighted by Crippen LogP contribution is 2.39. The van der Waals surface area contributed by atoms with Gasteiger partial charge >= 0.3 is 12.4 Å². The number of aromatic amines is 1. The predicted molar refractivity (Wildman–Crippen MR) is 62.5 cm³/mol. The van der Waals surface area contributed by atoms with E-state index in [-0.39, 0.29) is 0 Å². The smallest absolute Gasteiger partial charge is 0.316 e. The molecule has 0 aliphatic rings. The molecule has 0 aliphatic carbocycles. The summed E-state index contributed by atoms with van der Waals surface area (Å²) >= 11 is 2.01. The van der Waals surface area contributed by atoms with E-state index in [9.17, 15) is 31.1 Å². The Morgan fingerprint density at radius 1 is 0.882 bits per heavy atom. The summed E-state index contributed by atoms with van der Waals surface area (Å²) in [6.45, 7) is 0. The predicted octanol–water partition coefficient (Wildman–Crippen LogP) is 3.62. The van der Waals surface area contributed by atoms with Crippen molar-refractivity contribution in [2.24, 2.45) is 0 Å². The van der Waals surface area contributed by atoms with E-state index in [2.05, 4.69) is 0 Å². The molecule has 0 aromatic carbocycles. The van der Waals surface area contributed by atoms with Crippen molar-refractivity contribution in [2.75, 3.05) is 0 Å². The Labute approximate surface area is 117 Å². The number of hydrogen-bond donors (Lipinski definition) is 1. The molecule has 2 nitrogen and oxygen atoms in total. The van der Waals surface area contributed by atoms with Crippen molar-refractivity contribution in [3.8, 4) is 0 Å². The minimum Gasteiger partial charge on any atom is -0.316 e. The average Bonchev–Trinajstić information content (AvgIpc) is 1.94. The lowest BCUT2D eigenvalue weighted by atomic mass is 10.2. The molecule has 0 unspecified atom stereocenters. The van der Waals surface area contributed by atoms with Crippen LogP contribution in [0, 0.1) is 7.27 Å². The minimum atomic E-state index is -5.13. The molecule has 1 aromatic heterocycles. The van der Waals surface area contributed by atoms with Gasteiger partial charge in [-0.2, -0.15) is 26.3 Å². The van der Waals surface area contributed by atoms with Gasteiger partial charge in [0, 0.05) is 3.57 Å². The lowest BCUT2D eigenvalue weighted by molar-refractivity contribution is -0.146. The third kappa shape index (κ3) is 3.06. The molecule has 0 amide bonds. The fraction of sp³-hybridized carbons (Fsp3) is 0.286. The van der Waals surface area contributed by atoms with Crippen molar-refractivity contribution in [3.05, 3.63) is 28.8 Å². The standard InChI is InChI=1S/C7HF6I2NO/c8-6(9,10)1-3(14)2(7(11,12)13)5(17)16-4(1)15/h(H,16,17). The molecule has 1 rings (SSSR count). The lowest BCUT2D eigenvalue weighted by Crippen LogP contribution is -2.28. The maximum atomic E-state index is 12.5. The quantitative estimate of drug-likeness (QED) is 0.342. The zero-order chi connectivity index (χ0) is 13.6. The van der Waals surface area contributed by atoms with Crippen LogP contribution in [0.15, 0.2) is 4.79 Å². The first-order valence-corrected chi connectivity index (χ1v) is 5.87. The summed E-state index contributed by atoms with van der Waals surface area (Å²) in [4.78, 5) is 12.6. The number of alkyl halides is 6. The number of rotatable bonds is 0. The van der Waals surface area contributed by atoms with E-state index in [1.165, 1.54) is 0 Å². The van der Waals surface area contributed by atoms with Gasteiger partial charge in [0.2, 0.25) is 0 Å². The minimum absolute atomic E-state index is 0.669. The second-order valence-electron chi connectivity index (χ2n) is 2.83. The summed E-state index contributed by atoms with van der Waals surface area (Å²) in [6, 6.07) is 0. The third-order valence-electron chi connectivity index (χ3n) is 1.68. The molecule has 0 saturated carbocycles. The normalized spacial score (nSPS) is 12.9. The number of nitrogens with one attached hydrogen (secondary N) is 1. The van der Waals surface area contributed by atoms with Crippen molar-refractivity contribution in [1.82, 2.24) is 4.98 Å². The summed E-state index contributed by atoms with van der Waals surface area (Å²) < 4.78 is 73.0. The first kappa shape index (κ1) is 15.0. The maximum absolute atomic E-state index is 12.5. The topological polar surface area (TPSA) is 32.9 Å². The van der Waals surface area contributed by atoms with Crippen LogP contribution in [-0.2, 0) is 12.4 Å². The van der Waals surface area contributed by atoms with E-state index in [1.807, 2.05) is 0 Å². The molecule has 0 aliphatic heterocycles. The van der Waals surface area contributed by atoms with Crippen LogP contribution in [0.2, 0.25) is 0 Å². The number of pyridine rings is 1. The number of aromatic nitrogens is 1. The van der Waals surface area contributed by atoms with Crippen molar-refractivity contribution in [1.29, 1.82) is 0 Å². The molecule has 96 valence electrons. The van der Waals surface area contributed by atoms with Gasteiger partial charge in [-0.1, -0.05) is 0 Å². The Kier molecular flexibility index (Phi) is 4.06. The zero-order valence-corrected chi connectivity index (χ0v) is 11.7. The van der Waals surface area contributed by atoms with Gasteiger partial charge in [0.15, 0.2) is 0 Å². The van der Waals surface area contributed by atoms with E-state index >= 15 is 0 Å². The highest BCUT2D eigenvalue weighted by molar-refractivity contribution is 14.1. The molecule has 0 bridgehead atoms. The largest absolute Gasteiger partial charge is 0.422 e. The molecule has 1 aromatic rings. The first-order valence-electron chi connectivity index (χ1n) is 3.72. The van der Waals surface area contributed by atoms with Crippen LogP contribution in [0.5, 0.6) is 0 Å². The zero-order valence-electron chi connectivity index (χ0n) is 7.43. The van der Waals surface area contributed by atoms with E-state index in [0.717, 1.165) is 45.2 Å². The van der Waals surface area contributed by atoms with Gasteiger partial charge in [-0.3, -0.25) is 4.79 Å². The van der Waals surface area contributed by atoms with Gasteiger partial charge in [-0.25, -0.2) is 0 Å². The van der Waals surface area contributed by atoms with Crippen LogP contribution in [0.4, 0.5) is 26.3 Å². The number of halogens is 8. The van der Waals surface area contributed by atoms with Crippen LogP contribution in [0.25, 0.3) is 0 Å². The van der Waals surface area contributed by atoms with Crippen molar-refractivity contribution >= 4 is 45.2 Å². The second kappa shape index (κ2) is 4.59. The molecule has 17 heavy (non-hydrogen) atoms. The molecule has 10 heteroatoms. The molecule has 1 heterocycles. The molecule has 1 N–H and O–H groups in total. The van der Waals surface area contributed by atoms with E-state index in [0.29, 0.717) is 0 Å². The van der Waals surface area contributed by atoms with E-state index < -0.39 is 36.3 Å². The maximum Gasteiger partial charge on any atom is 0.422 e. The molecular weight excluding hydrogens is 482 g/mol. The highest BCUT2D eigenvalue weighted by atomic mass is 127. The Hall–Kier alpha value is -0.0100. The van der Waals surface area contributed by atoms with Crippen LogP contribution < -0.4 is 5.56 Å². The monoisotopic (exact) mass is 483 g/mol. The van der Waals surface area contributed by atoms with E-state index in [4.69, 9.17) is 0 Å². The molecule has 0 radical (unpaired) electrons. The van der Waals surface area contributed by atoms with Gasteiger partial charge in [-0.15, -0.1) is 0 Å². The Morgan fingerprint density at radius 2 is 1.29 bits per heavy atom. The van der Waals surface area contributed by atoms with Gasteiger partial charge in [0.25, 0.3) is 5.56 Å². The molecule has 0 saturated heterocycles. The van der Waals surface area contributed by atoms with Gasteiger partial charge in [0.05, 0.1) is 9.26 Å². The Balaban J connectivity index is 3.74. The molecule has 0 spiro atoms. The molecule has 0 fully saturated rings. The fourth-order valence-corrected chi connectivity index (χ4v) is 3.51. The summed E-state index contributed by atoms with van der Waals surface area (Å²) in [6.07, 6.45) is -10.1. The van der Waals surface area contributed by atoms with Crippen molar-refractivity contribution < 1.29 is 26.3 Å². The van der Waals surface area contributed by atoms with Gasteiger partial charge in [-0.05, 0) is 45.2 Å². The third-order valence-corrected chi connectivity index (χ3v) is 3.56. The van der Waals surface area contributed by atoms with Crippen molar-refractivity contribution in [3.63, 3.8) is 0 Å². The average molecular weight is 483 g/mol. The first-order chi connectivity index (χ1) is 7.46. The molecule has 0 atom stereocenters. The van der Waals surface area contributed by atoms with Crippen LogP contribution >= 0.6 is 45.2 Å². The summed E-state index contributed by atoms with van der Waals surface area (Å²) in [5, 5.41) is 0. The van der Waals surface area contributed by atoms with Crippen LogP contribution in [-0.4, -0.2) is 4.98 Å². The van der Waals surface area contributed by atoms with Gasteiger partial charge < -0.3 is 4.98 Å².